The Morgan fingerprint density at radius 1 is 0.885 bits per heavy atom. The summed E-state index contributed by atoms with van der Waals surface area (Å²) in [6.45, 7) is 2.14. The van der Waals surface area contributed by atoms with Crippen LogP contribution in [-0.4, -0.2) is 46.7 Å². The Hall–Kier alpha value is -1.69. The molecule has 0 radical (unpaired) electrons. The number of methoxy groups -OCH3 is 1. The van der Waals surface area contributed by atoms with Gasteiger partial charge in [0.15, 0.2) is 0 Å². The predicted octanol–water partition coefficient (Wildman–Crippen LogP) is 3.22. The number of carbonyl (C=O) groups excluding carboxylic acids is 1. The van der Waals surface area contributed by atoms with Gasteiger partial charge in [-0.2, -0.15) is 0 Å². The number of aliphatic hydroxyl groups is 3. The summed E-state index contributed by atoms with van der Waals surface area (Å²) in [6, 6.07) is 0. The smallest absolute Gasteiger partial charge is 0.305 e. The molecule has 0 saturated carbocycles. The molecule has 0 aromatic rings. The van der Waals surface area contributed by atoms with Crippen LogP contribution in [-0.2, 0) is 9.53 Å². The normalized spacial score (nSPS) is 16.0. The lowest BCUT2D eigenvalue weighted by molar-refractivity contribution is -0.140. The van der Waals surface area contributed by atoms with Crippen LogP contribution in [0, 0.1) is 0 Å². The molecule has 3 atom stereocenters. The number of carbonyl (C=O) groups is 1. The van der Waals surface area contributed by atoms with Crippen LogP contribution in [0.15, 0.2) is 48.6 Å². The number of rotatable bonds is 14. The first-order chi connectivity index (χ1) is 12.5. The van der Waals surface area contributed by atoms with Gasteiger partial charge in [-0.3, -0.25) is 4.79 Å². The topological polar surface area (TPSA) is 87.0 Å². The second kappa shape index (κ2) is 16.8. The third-order valence-electron chi connectivity index (χ3n) is 3.80. The Balaban J connectivity index is 3.98. The van der Waals surface area contributed by atoms with E-state index in [2.05, 4.69) is 11.7 Å². The Bertz CT molecular complexity index is 465. The summed E-state index contributed by atoms with van der Waals surface area (Å²) in [5.41, 5.74) is 0. The lowest BCUT2D eigenvalue weighted by Gasteiger charge is -2.13. The van der Waals surface area contributed by atoms with E-state index in [0.29, 0.717) is 12.8 Å². The van der Waals surface area contributed by atoms with Crippen molar-refractivity contribution < 1.29 is 24.9 Å². The highest BCUT2D eigenvalue weighted by molar-refractivity contribution is 5.68. The second-order valence-electron chi connectivity index (χ2n) is 6.13. The molecule has 0 heterocycles. The van der Waals surface area contributed by atoms with Gasteiger partial charge in [0, 0.05) is 6.42 Å². The molecule has 0 aromatic heterocycles. The quantitative estimate of drug-likeness (QED) is 0.250. The SMILES string of the molecule is CCCCC[C@@H](O)/C=C/C=C\C=C\C=C\[C@@H](O)[C@H](O)CCCC(=O)OC. The van der Waals surface area contributed by atoms with Crippen LogP contribution in [0.1, 0.15) is 51.9 Å². The third kappa shape index (κ3) is 14.6. The fourth-order valence-corrected chi connectivity index (χ4v) is 2.18. The lowest BCUT2D eigenvalue weighted by Crippen LogP contribution is -2.23. The third-order valence-corrected chi connectivity index (χ3v) is 3.80. The van der Waals surface area contributed by atoms with Gasteiger partial charge in [0.25, 0.3) is 0 Å². The molecular weight excluding hydrogens is 332 g/mol. The van der Waals surface area contributed by atoms with Gasteiger partial charge >= 0.3 is 5.97 Å². The lowest BCUT2D eigenvalue weighted by atomic mass is 10.1. The average Bonchev–Trinajstić information content (AvgIpc) is 2.63. The van der Waals surface area contributed by atoms with Crippen molar-refractivity contribution in [2.24, 2.45) is 0 Å². The highest BCUT2D eigenvalue weighted by atomic mass is 16.5. The van der Waals surface area contributed by atoms with Gasteiger partial charge < -0.3 is 20.1 Å². The highest BCUT2D eigenvalue weighted by Crippen LogP contribution is 2.07. The molecule has 148 valence electrons. The minimum atomic E-state index is -0.973. The molecule has 0 aliphatic heterocycles. The minimum absolute atomic E-state index is 0.232. The molecule has 0 aliphatic rings. The van der Waals surface area contributed by atoms with Gasteiger partial charge in [0.2, 0.25) is 0 Å². The van der Waals surface area contributed by atoms with Crippen LogP contribution in [0.4, 0.5) is 0 Å². The van der Waals surface area contributed by atoms with Gasteiger partial charge in [-0.05, 0) is 19.3 Å². The predicted molar refractivity (Wildman–Crippen MR) is 105 cm³/mol. The Labute approximate surface area is 157 Å². The number of allylic oxidation sites excluding steroid dienone is 6. The maximum atomic E-state index is 11.0. The van der Waals surface area contributed by atoms with Crippen LogP contribution < -0.4 is 0 Å². The molecule has 26 heavy (non-hydrogen) atoms. The summed E-state index contributed by atoms with van der Waals surface area (Å²) in [7, 11) is 1.32. The van der Waals surface area contributed by atoms with Crippen molar-refractivity contribution in [3.63, 3.8) is 0 Å². The van der Waals surface area contributed by atoms with E-state index in [4.69, 9.17) is 0 Å². The molecule has 0 spiro atoms. The maximum absolute atomic E-state index is 11.0. The number of unbranched alkanes of at least 4 members (excludes halogenated alkanes) is 2. The Morgan fingerprint density at radius 2 is 1.50 bits per heavy atom. The summed E-state index contributed by atoms with van der Waals surface area (Å²) in [6.07, 6.45) is 16.8. The van der Waals surface area contributed by atoms with E-state index in [1.165, 1.54) is 13.2 Å². The molecule has 0 bridgehead atoms. The zero-order valence-electron chi connectivity index (χ0n) is 16.0. The van der Waals surface area contributed by atoms with Gasteiger partial charge in [-0.15, -0.1) is 0 Å². The summed E-state index contributed by atoms with van der Waals surface area (Å²) < 4.78 is 4.52. The van der Waals surface area contributed by atoms with Crippen LogP contribution in [0.3, 0.4) is 0 Å². The van der Waals surface area contributed by atoms with Gasteiger partial charge in [-0.25, -0.2) is 0 Å². The first kappa shape index (κ1) is 24.3. The van der Waals surface area contributed by atoms with Crippen molar-refractivity contribution >= 4 is 5.97 Å². The molecule has 0 fully saturated rings. The van der Waals surface area contributed by atoms with Crippen molar-refractivity contribution in [3.05, 3.63) is 48.6 Å². The van der Waals surface area contributed by atoms with E-state index in [9.17, 15) is 20.1 Å². The number of aliphatic hydroxyl groups excluding tert-OH is 3. The van der Waals surface area contributed by atoms with Crippen LogP contribution >= 0.6 is 0 Å². The number of ether oxygens (including phenoxy) is 1. The highest BCUT2D eigenvalue weighted by Gasteiger charge is 2.13. The van der Waals surface area contributed by atoms with Gasteiger partial charge in [0.05, 0.1) is 25.4 Å². The molecule has 0 rings (SSSR count). The van der Waals surface area contributed by atoms with Crippen molar-refractivity contribution in [1.29, 1.82) is 0 Å². The van der Waals surface area contributed by atoms with Crippen molar-refractivity contribution in [2.45, 2.75) is 70.2 Å². The summed E-state index contributed by atoms with van der Waals surface area (Å²) >= 11 is 0. The molecule has 0 aromatic carbocycles. The molecule has 5 heteroatoms. The minimum Gasteiger partial charge on any atom is -0.469 e. The van der Waals surface area contributed by atoms with E-state index in [1.807, 2.05) is 18.2 Å². The van der Waals surface area contributed by atoms with E-state index in [0.717, 1.165) is 25.7 Å². The zero-order chi connectivity index (χ0) is 19.6. The molecule has 5 nitrogen and oxygen atoms in total. The fourth-order valence-electron chi connectivity index (χ4n) is 2.18. The number of esters is 1. The van der Waals surface area contributed by atoms with E-state index in [1.54, 1.807) is 24.3 Å². The first-order valence-electron chi connectivity index (χ1n) is 9.30. The van der Waals surface area contributed by atoms with Crippen molar-refractivity contribution in [2.75, 3.05) is 7.11 Å². The Morgan fingerprint density at radius 3 is 2.12 bits per heavy atom. The molecule has 0 saturated heterocycles. The van der Waals surface area contributed by atoms with E-state index < -0.39 is 18.3 Å². The van der Waals surface area contributed by atoms with E-state index >= 15 is 0 Å². The van der Waals surface area contributed by atoms with Gasteiger partial charge in [0.1, 0.15) is 0 Å². The molecule has 3 N–H and O–H groups in total. The Kier molecular flexibility index (Phi) is 15.7. The molecular formula is C21H34O5. The monoisotopic (exact) mass is 366 g/mol. The van der Waals surface area contributed by atoms with Crippen LogP contribution in [0.2, 0.25) is 0 Å². The maximum Gasteiger partial charge on any atom is 0.305 e. The van der Waals surface area contributed by atoms with Crippen LogP contribution in [0.5, 0.6) is 0 Å². The first-order valence-corrected chi connectivity index (χ1v) is 9.30. The van der Waals surface area contributed by atoms with Crippen LogP contribution in [0.25, 0.3) is 0 Å². The second-order valence-corrected chi connectivity index (χ2v) is 6.13. The largest absolute Gasteiger partial charge is 0.469 e. The molecule has 0 aliphatic carbocycles. The zero-order valence-corrected chi connectivity index (χ0v) is 16.0. The fraction of sp³-hybridized carbons (Fsp3) is 0.571. The summed E-state index contributed by atoms with van der Waals surface area (Å²) in [5.74, 6) is -0.320. The van der Waals surface area contributed by atoms with Gasteiger partial charge in [-0.1, -0.05) is 74.8 Å². The standard InChI is InChI=1S/C21H34O5/c1-3-4-9-13-18(22)14-10-7-5-6-8-11-15-19(23)20(24)16-12-17-21(25)26-2/h5-8,10-11,14-15,18-20,22-24H,3-4,9,12-13,16-17H2,1-2H3/b7-5-,8-6+,14-10+,15-11+/t18-,19-,20-/m1/s1. The average molecular weight is 366 g/mol. The molecule has 0 unspecified atom stereocenters. The van der Waals surface area contributed by atoms with Crippen molar-refractivity contribution in [3.8, 4) is 0 Å². The van der Waals surface area contributed by atoms with Crippen molar-refractivity contribution in [1.82, 2.24) is 0 Å². The number of hydrogen-bond acceptors (Lipinski definition) is 5. The summed E-state index contributed by atoms with van der Waals surface area (Å²) in [4.78, 5) is 11.0. The number of hydrogen-bond donors (Lipinski definition) is 3. The molecule has 0 amide bonds. The summed E-state index contributed by atoms with van der Waals surface area (Å²) in [5, 5.41) is 29.3. The van der Waals surface area contributed by atoms with E-state index in [-0.39, 0.29) is 12.4 Å².